The van der Waals surface area contributed by atoms with Crippen LogP contribution in [0.1, 0.15) is 25.6 Å². The van der Waals surface area contributed by atoms with E-state index in [0.717, 1.165) is 16.8 Å². The minimum Gasteiger partial charge on any atom is -0.383 e. The molecule has 2 N–H and O–H groups in total. The molecule has 4 nitrogen and oxygen atoms in total. The van der Waals surface area contributed by atoms with E-state index in [4.69, 9.17) is 5.73 Å². The number of nitrogens with zero attached hydrogens (tertiary/aromatic N) is 3. The molecule has 0 spiro atoms. The molecule has 0 bridgehead atoms. The molecule has 0 aliphatic rings. The van der Waals surface area contributed by atoms with E-state index in [1.807, 2.05) is 29.9 Å². The van der Waals surface area contributed by atoms with Gasteiger partial charge in [0.1, 0.15) is 5.82 Å². The second kappa shape index (κ2) is 3.96. The number of hydrogen-bond acceptors (Lipinski definition) is 3. The number of nitrogens with two attached hydrogens (primary N) is 1. The molecule has 2 rings (SSSR count). The van der Waals surface area contributed by atoms with Crippen molar-refractivity contribution in [2.24, 2.45) is 0 Å². The van der Waals surface area contributed by atoms with Gasteiger partial charge in [0, 0.05) is 29.6 Å². The predicted octanol–water partition coefficient (Wildman–Crippen LogP) is 2.42. The van der Waals surface area contributed by atoms with Crippen molar-refractivity contribution in [1.29, 1.82) is 0 Å². The van der Waals surface area contributed by atoms with Crippen molar-refractivity contribution in [1.82, 2.24) is 14.8 Å². The molecule has 0 radical (unpaired) electrons. The second-order valence-corrected chi connectivity index (χ2v) is 4.14. The molecule has 0 unspecified atom stereocenters. The van der Waals surface area contributed by atoms with Crippen molar-refractivity contribution in [3.63, 3.8) is 0 Å². The Morgan fingerprint density at radius 1 is 1.31 bits per heavy atom. The summed E-state index contributed by atoms with van der Waals surface area (Å²) in [5.41, 5.74) is 8.84. The fourth-order valence-corrected chi connectivity index (χ4v) is 1.66. The van der Waals surface area contributed by atoms with E-state index >= 15 is 0 Å². The normalized spacial score (nSPS) is 11.0. The number of aromatic nitrogens is 3. The quantitative estimate of drug-likeness (QED) is 0.838. The molecule has 0 saturated carbocycles. The third-order valence-electron chi connectivity index (χ3n) is 2.57. The van der Waals surface area contributed by atoms with Crippen LogP contribution in [0.3, 0.4) is 0 Å². The van der Waals surface area contributed by atoms with Gasteiger partial charge in [-0.3, -0.25) is 4.68 Å². The van der Waals surface area contributed by atoms with E-state index in [0.29, 0.717) is 11.9 Å². The summed E-state index contributed by atoms with van der Waals surface area (Å²) in [6.07, 6.45) is 3.72. The molecule has 2 aromatic heterocycles. The zero-order valence-electron chi connectivity index (χ0n) is 9.81. The van der Waals surface area contributed by atoms with Gasteiger partial charge in [-0.1, -0.05) is 0 Å². The van der Waals surface area contributed by atoms with Crippen LogP contribution in [0.25, 0.3) is 11.1 Å². The van der Waals surface area contributed by atoms with Gasteiger partial charge >= 0.3 is 0 Å². The lowest BCUT2D eigenvalue weighted by Crippen LogP contribution is -2.00. The van der Waals surface area contributed by atoms with Gasteiger partial charge in [0.2, 0.25) is 0 Å². The van der Waals surface area contributed by atoms with Crippen molar-refractivity contribution in [2.45, 2.75) is 26.8 Å². The minimum absolute atomic E-state index is 0.352. The number of aryl methyl sites for hydroxylation is 1. The average molecular weight is 216 g/mol. The van der Waals surface area contributed by atoms with Crippen LogP contribution in [0.5, 0.6) is 0 Å². The highest BCUT2D eigenvalue weighted by Crippen LogP contribution is 2.27. The molecule has 0 atom stereocenters. The molecule has 0 amide bonds. The first-order valence-electron chi connectivity index (χ1n) is 5.36. The lowest BCUT2D eigenvalue weighted by molar-refractivity contribution is 0.529. The first-order valence-corrected chi connectivity index (χ1v) is 5.36. The summed E-state index contributed by atoms with van der Waals surface area (Å²) < 4.78 is 1.94. The van der Waals surface area contributed by atoms with Gasteiger partial charge in [0.15, 0.2) is 0 Å². The fourth-order valence-electron chi connectivity index (χ4n) is 1.66. The Morgan fingerprint density at radius 3 is 2.62 bits per heavy atom. The van der Waals surface area contributed by atoms with Gasteiger partial charge < -0.3 is 5.73 Å². The predicted molar refractivity (Wildman–Crippen MR) is 65.0 cm³/mol. The van der Waals surface area contributed by atoms with Crippen LogP contribution >= 0.6 is 0 Å². The highest BCUT2D eigenvalue weighted by Gasteiger charge is 2.11. The zero-order valence-corrected chi connectivity index (χ0v) is 9.81. The third-order valence-corrected chi connectivity index (χ3v) is 2.57. The molecule has 0 aliphatic heterocycles. The van der Waals surface area contributed by atoms with E-state index in [-0.39, 0.29) is 0 Å². The molecule has 0 aromatic carbocycles. The third kappa shape index (κ3) is 1.78. The highest BCUT2D eigenvalue weighted by molar-refractivity contribution is 5.74. The number of nitrogen functional groups attached to an aromatic ring is 1. The first-order chi connectivity index (χ1) is 7.59. The van der Waals surface area contributed by atoms with E-state index < -0.39 is 0 Å². The lowest BCUT2D eigenvalue weighted by Gasteiger charge is -2.03. The maximum Gasteiger partial charge on any atom is 0.131 e. The molecule has 16 heavy (non-hydrogen) atoms. The number of anilines is 1. The Kier molecular flexibility index (Phi) is 2.64. The summed E-state index contributed by atoms with van der Waals surface area (Å²) in [7, 11) is 0. The van der Waals surface area contributed by atoms with Crippen molar-refractivity contribution in [3.8, 4) is 11.1 Å². The summed E-state index contributed by atoms with van der Waals surface area (Å²) in [6, 6.07) is 4.21. The summed E-state index contributed by atoms with van der Waals surface area (Å²) >= 11 is 0. The standard InChI is InChI=1S/C12H16N4/c1-8(2)16-7-11(9(3)15-16)10-5-4-6-14-12(10)13/h4-8H,1-3H3,(H2,13,14). The SMILES string of the molecule is Cc1nn(C(C)C)cc1-c1cccnc1N. The van der Waals surface area contributed by atoms with Crippen molar-refractivity contribution in [2.75, 3.05) is 5.73 Å². The molecule has 2 heterocycles. The lowest BCUT2D eigenvalue weighted by atomic mass is 10.1. The Balaban J connectivity index is 2.52. The fraction of sp³-hybridized carbons (Fsp3) is 0.333. The van der Waals surface area contributed by atoms with E-state index in [1.54, 1.807) is 6.20 Å². The molecule has 0 saturated heterocycles. The van der Waals surface area contributed by atoms with Crippen LogP contribution in [-0.2, 0) is 0 Å². The van der Waals surface area contributed by atoms with Gasteiger partial charge in [0.25, 0.3) is 0 Å². The maximum atomic E-state index is 5.86. The van der Waals surface area contributed by atoms with Crippen LogP contribution in [0.4, 0.5) is 5.82 Å². The van der Waals surface area contributed by atoms with Crippen LogP contribution in [0.2, 0.25) is 0 Å². The smallest absolute Gasteiger partial charge is 0.131 e. The molecule has 2 aromatic rings. The molecular weight excluding hydrogens is 200 g/mol. The molecule has 84 valence electrons. The van der Waals surface area contributed by atoms with Crippen LogP contribution in [0, 0.1) is 6.92 Å². The van der Waals surface area contributed by atoms with Gasteiger partial charge in [-0.05, 0) is 32.9 Å². The average Bonchev–Trinajstić information content (AvgIpc) is 2.61. The van der Waals surface area contributed by atoms with Gasteiger partial charge in [-0.15, -0.1) is 0 Å². The first kappa shape index (κ1) is 10.7. The summed E-state index contributed by atoms with van der Waals surface area (Å²) in [6.45, 7) is 6.19. The summed E-state index contributed by atoms with van der Waals surface area (Å²) in [4.78, 5) is 4.09. The van der Waals surface area contributed by atoms with Crippen LogP contribution in [0.15, 0.2) is 24.5 Å². The van der Waals surface area contributed by atoms with Crippen LogP contribution < -0.4 is 5.73 Å². The Hall–Kier alpha value is -1.84. The van der Waals surface area contributed by atoms with Crippen molar-refractivity contribution < 1.29 is 0 Å². The number of hydrogen-bond donors (Lipinski definition) is 1. The zero-order chi connectivity index (χ0) is 11.7. The van der Waals surface area contributed by atoms with Crippen molar-refractivity contribution in [3.05, 3.63) is 30.2 Å². The Morgan fingerprint density at radius 2 is 2.06 bits per heavy atom. The Labute approximate surface area is 95.1 Å². The molecular formula is C12H16N4. The minimum atomic E-state index is 0.352. The largest absolute Gasteiger partial charge is 0.383 e. The Bertz CT molecular complexity index is 499. The maximum absolute atomic E-state index is 5.86. The number of rotatable bonds is 2. The number of pyridine rings is 1. The topological polar surface area (TPSA) is 56.7 Å². The summed E-state index contributed by atoms with van der Waals surface area (Å²) in [5, 5.41) is 4.46. The van der Waals surface area contributed by atoms with Crippen molar-refractivity contribution >= 4 is 5.82 Å². The molecule has 4 heteroatoms. The second-order valence-electron chi connectivity index (χ2n) is 4.14. The monoisotopic (exact) mass is 216 g/mol. The van der Waals surface area contributed by atoms with Gasteiger partial charge in [0.05, 0.1) is 5.69 Å². The van der Waals surface area contributed by atoms with Gasteiger partial charge in [-0.25, -0.2) is 4.98 Å². The van der Waals surface area contributed by atoms with E-state index in [2.05, 4.69) is 23.9 Å². The highest BCUT2D eigenvalue weighted by atomic mass is 15.3. The van der Waals surface area contributed by atoms with E-state index in [9.17, 15) is 0 Å². The molecule has 0 fully saturated rings. The van der Waals surface area contributed by atoms with Gasteiger partial charge in [-0.2, -0.15) is 5.10 Å². The molecule has 0 aliphatic carbocycles. The van der Waals surface area contributed by atoms with Crippen LogP contribution in [-0.4, -0.2) is 14.8 Å². The summed E-state index contributed by atoms with van der Waals surface area (Å²) in [5.74, 6) is 0.550. The van der Waals surface area contributed by atoms with E-state index in [1.165, 1.54) is 0 Å².